The maximum Gasteiger partial charge on any atom is 0.106 e. The van der Waals surface area contributed by atoms with Crippen LogP contribution in [0.5, 0.6) is 0 Å². The highest BCUT2D eigenvalue weighted by molar-refractivity contribution is 4.97. The molecule has 0 spiro atoms. The number of nitrogens with zero attached hydrogens (tertiary/aromatic N) is 1. The largest absolute Gasteiger partial charge is 0.378 e. The van der Waals surface area contributed by atoms with Gasteiger partial charge in [0.1, 0.15) is 5.60 Å². The number of hydrogen-bond acceptors (Lipinski definition) is 4. The van der Waals surface area contributed by atoms with Gasteiger partial charge in [0.05, 0.1) is 6.61 Å². The zero-order valence-electron chi connectivity index (χ0n) is 13.9. The fourth-order valence-corrected chi connectivity index (χ4v) is 4.49. The van der Waals surface area contributed by atoms with E-state index in [1.54, 1.807) is 0 Å². The van der Waals surface area contributed by atoms with Crippen molar-refractivity contribution in [1.29, 1.82) is 0 Å². The predicted molar refractivity (Wildman–Crippen MR) is 84.5 cm³/mol. The van der Waals surface area contributed by atoms with E-state index in [1.807, 2.05) is 7.11 Å². The molecule has 0 aromatic heterocycles. The molecule has 4 heteroatoms. The summed E-state index contributed by atoms with van der Waals surface area (Å²) in [6.07, 6.45) is 5.20. The van der Waals surface area contributed by atoms with E-state index in [0.29, 0.717) is 12.1 Å². The van der Waals surface area contributed by atoms with E-state index < -0.39 is 0 Å². The third-order valence-electron chi connectivity index (χ3n) is 5.99. The molecular formula is C17H32N2O2. The number of nitrogens with one attached hydrogen (secondary N) is 1. The summed E-state index contributed by atoms with van der Waals surface area (Å²) < 4.78 is 11.3. The van der Waals surface area contributed by atoms with Gasteiger partial charge < -0.3 is 19.7 Å². The molecule has 2 bridgehead atoms. The van der Waals surface area contributed by atoms with Crippen LogP contribution in [0.1, 0.15) is 39.5 Å². The molecule has 4 nitrogen and oxygen atoms in total. The number of likely N-dealkylation sites (tertiary alicyclic amines) is 1. The minimum atomic E-state index is -0.0799. The molecule has 1 aliphatic carbocycles. The van der Waals surface area contributed by atoms with E-state index in [9.17, 15) is 0 Å². The number of hydrogen-bond donors (Lipinski definition) is 1. The standard InChI is InChI=1S/C17H32N2O2/c1-13(2)19-9-14-5-4-6-15(10-19)16(14)18-11-17(20-3)7-8-21-12-17/h13-16,18H,4-12H2,1-3H3. The summed E-state index contributed by atoms with van der Waals surface area (Å²) in [6.45, 7) is 9.73. The predicted octanol–water partition coefficient (Wildman–Crippen LogP) is 1.89. The third kappa shape index (κ3) is 3.29. The normalized spacial score (nSPS) is 40.9. The molecule has 0 aromatic carbocycles. The molecule has 21 heavy (non-hydrogen) atoms. The van der Waals surface area contributed by atoms with Gasteiger partial charge in [0.25, 0.3) is 0 Å². The maximum absolute atomic E-state index is 5.77. The average Bonchev–Trinajstić information content (AvgIpc) is 2.93. The van der Waals surface area contributed by atoms with E-state index >= 15 is 0 Å². The van der Waals surface area contributed by atoms with Gasteiger partial charge in [-0.15, -0.1) is 0 Å². The summed E-state index contributed by atoms with van der Waals surface area (Å²) >= 11 is 0. The van der Waals surface area contributed by atoms with Crippen molar-refractivity contribution in [3.05, 3.63) is 0 Å². The van der Waals surface area contributed by atoms with Crippen LogP contribution in [0, 0.1) is 11.8 Å². The van der Waals surface area contributed by atoms with Crippen molar-refractivity contribution in [2.45, 2.75) is 57.2 Å². The molecule has 3 fully saturated rings. The quantitative estimate of drug-likeness (QED) is 0.840. The Hall–Kier alpha value is -0.160. The fourth-order valence-electron chi connectivity index (χ4n) is 4.49. The lowest BCUT2D eigenvalue weighted by Gasteiger charge is -2.49. The van der Waals surface area contributed by atoms with Crippen molar-refractivity contribution < 1.29 is 9.47 Å². The molecule has 3 unspecified atom stereocenters. The first-order valence-electron chi connectivity index (χ1n) is 8.74. The number of ether oxygens (including phenoxy) is 2. The van der Waals surface area contributed by atoms with Crippen molar-refractivity contribution in [3.8, 4) is 0 Å². The second-order valence-electron chi connectivity index (χ2n) is 7.60. The molecule has 3 aliphatic rings. The number of rotatable bonds is 5. The molecule has 0 aromatic rings. The van der Waals surface area contributed by atoms with Gasteiger partial charge in [-0.25, -0.2) is 0 Å². The second kappa shape index (κ2) is 6.53. The Morgan fingerprint density at radius 3 is 2.52 bits per heavy atom. The zero-order valence-corrected chi connectivity index (χ0v) is 13.9. The molecule has 0 radical (unpaired) electrons. The Kier molecular flexibility index (Phi) is 4.89. The van der Waals surface area contributed by atoms with Crippen LogP contribution in [0.15, 0.2) is 0 Å². The van der Waals surface area contributed by atoms with Gasteiger partial charge >= 0.3 is 0 Å². The van der Waals surface area contributed by atoms with E-state index in [1.165, 1.54) is 32.4 Å². The van der Waals surface area contributed by atoms with Crippen LogP contribution < -0.4 is 5.32 Å². The first kappa shape index (κ1) is 15.7. The monoisotopic (exact) mass is 296 g/mol. The lowest BCUT2D eigenvalue weighted by Crippen LogP contribution is -2.60. The highest BCUT2D eigenvalue weighted by Crippen LogP contribution is 2.36. The highest BCUT2D eigenvalue weighted by Gasteiger charge is 2.42. The van der Waals surface area contributed by atoms with Crippen molar-refractivity contribution in [2.24, 2.45) is 11.8 Å². The summed E-state index contributed by atoms with van der Waals surface area (Å²) in [6, 6.07) is 1.36. The molecule has 0 amide bonds. The van der Waals surface area contributed by atoms with Crippen LogP contribution in [0.25, 0.3) is 0 Å². The van der Waals surface area contributed by atoms with Crippen LogP contribution in [-0.2, 0) is 9.47 Å². The van der Waals surface area contributed by atoms with Crippen molar-refractivity contribution in [3.63, 3.8) is 0 Å². The summed E-state index contributed by atoms with van der Waals surface area (Å²) in [7, 11) is 1.83. The molecular weight excluding hydrogens is 264 g/mol. The second-order valence-corrected chi connectivity index (χ2v) is 7.60. The van der Waals surface area contributed by atoms with Crippen molar-refractivity contribution in [1.82, 2.24) is 10.2 Å². The molecule has 2 heterocycles. The highest BCUT2D eigenvalue weighted by atomic mass is 16.5. The number of piperidine rings is 1. The summed E-state index contributed by atoms with van der Waals surface area (Å²) in [4.78, 5) is 2.68. The molecule has 3 rings (SSSR count). The minimum Gasteiger partial charge on any atom is -0.378 e. The minimum absolute atomic E-state index is 0.0799. The average molecular weight is 296 g/mol. The van der Waals surface area contributed by atoms with Gasteiger partial charge in [0.15, 0.2) is 0 Å². The van der Waals surface area contributed by atoms with Crippen LogP contribution in [0.3, 0.4) is 0 Å². The fraction of sp³-hybridized carbons (Fsp3) is 1.00. The van der Waals surface area contributed by atoms with Gasteiger partial charge in [-0.2, -0.15) is 0 Å². The van der Waals surface area contributed by atoms with E-state index in [-0.39, 0.29) is 5.60 Å². The molecule has 3 atom stereocenters. The Morgan fingerprint density at radius 1 is 1.29 bits per heavy atom. The van der Waals surface area contributed by atoms with Gasteiger partial charge in [-0.3, -0.25) is 0 Å². The van der Waals surface area contributed by atoms with E-state index in [4.69, 9.17) is 9.47 Å². The molecule has 1 saturated carbocycles. The summed E-state index contributed by atoms with van der Waals surface area (Å²) in [5, 5.41) is 3.89. The molecule has 2 aliphatic heterocycles. The Morgan fingerprint density at radius 2 is 2.00 bits per heavy atom. The van der Waals surface area contributed by atoms with E-state index in [0.717, 1.165) is 38.0 Å². The summed E-state index contributed by atoms with van der Waals surface area (Å²) in [5.74, 6) is 1.63. The smallest absolute Gasteiger partial charge is 0.106 e. The topological polar surface area (TPSA) is 33.7 Å². The lowest BCUT2D eigenvalue weighted by molar-refractivity contribution is -0.0304. The van der Waals surface area contributed by atoms with Gasteiger partial charge in [0.2, 0.25) is 0 Å². The van der Waals surface area contributed by atoms with Crippen LogP contribution in [0.4, 0.5) is 0 Å². The van der Waals surface area contributed by atoms with Crippen LogP contribution in [-0.4, -0.2) is 62.5 Å². The first-order chi connectivity index (χ1) is 10.1. The first-order valence-corrected chi connectivity index (χ1v) is 8.74. The molecule has 2 saturated heterocycles. The van der Waals surface area contributed by atoms with E-state index in [2.05, 4.69) is 24.1 Å². The van der Waals surface area contributed by atoms with Gasteiger partial charge in [0, 0.05) is 51.9 Å². The zero-order chi connectivity index (χ0) is 14.9. The number of fused-ring (bicyclic) bond motifs is 2. The van der Waals surface area contributed by atoms with Gasteiger partial charge in [-0.05, 0) is 38.5 Å². The third-order valence-corrected chi connectivity index (χ3v) is 5.99. The molecule has 122 valence electrons. The SMILES string of the molecule is COC1(CNC2C3CCCC2CN(C(C)C)C3)CCOC1. The number of methoxy groups -OCH3 is 1. The van der Waals surface area contributed by atoms with Crippen LogP contribution in [0.2, 0.25) is 0 Å². The Labute approximate surface area is 129 Å². The van der Waals surface area contributed by atoms with Gasteiger partial charge in [-0.1, -0.05) is 6.42 Å². The van der Waals surface area contributed by atoms with Crippen molar-refractivity contribution >= 4 is 0 Å². The van der Waals surface area contributed by atoms with Crippen LogP contribution >= 0.6 is 0 Å². The summed E-state index contributed by atoms with van der Waals surface area (Å²) in [5.41, 5.74) is -0.0799. The molecule has 1 N–H and O–H groups in total. The van der Waals surface area contributed by atoms with Crippen molar-refractivity contribution in [2.75, 3.05) is 40.0 Å². The Balaban J connectivity index is 1.60. The maximum atomic E-state index is 5.77. The lowest BCUT2D eigenvalue weighted by atomic mass is 9.73. The Bertz CT molecular complexity index is 328.